The Balaban J connectivity index is 2.31. The zero-order valence-corrected chi connectivity index (χ0v) is 9.94. The number of hydrogen-bond donors (Lipinski definition) is 0. The second-order valence-electron chi connectivity index (χ2n) is 3.54. The highest BCUT2D eigenvalue weighted by Gasteiger charge is 2.06. The first-order chi connectivity index (χ1) is 8.20. The van der Waals surface area contributed by atoms with Crippen molar-refractivity contribution in [2.24, 2.45) is 0 Å². The maximum Gasteiger partial charge on any atom is 0.222 e. The molecule has 0 bridgehead atoms. The molecule has 0 fully saturated rings. The quantitative estimate of drug-likeness (QED) is 0.777. The minimum absolute atomic E-state index is 0.389. The normalized spacial score (nSPS) is 10.0. The van der Waals surface area contributed by atoms with Gasteiger partial charge in [-0.2, -0.15) is 0 Å². The van der Waals surface area contributed by atoms with Crippen LogP contribution in [0.2, 0.25) is 5.02 Å². The van der Waals surface area contributed by atoms with Gasteiger partial charge < -0.3 is 4.74 Å². The highest BCUT2D eigenvalue weighted by atomic mass is 35.5. The fourth-order valence-corrected chi connectivity index (χ4v) is 1.58. The molecule has 3 nitrogen and oxygen atoms in total. The van der Waals surface area contributed by atoms with Crippen LogP contribution in [0.15, 0.2) is 36.5 Å². The Morgan fingerprint density at radius 3 is 2.82 bits per heavy atom. The summed E-state index contributed by atoms with van der Waals surface area (Å²) in [6.07, 6.45) is 2.39. The summed E-state index contributed by atoms with van der Waals surface area (Å²) in [4.78, 5) is 14.7. The monoisotopic (exact) mass is 247 g/mol. The van der Waals surface area contributed by atoms with Gasteiger partial charge in [0.25, 0.3) is 0 Å². The minimum Gasteiger partial charge on any atom is -0.437 e. The van der Waals surface area contributed by atoms with Gasteiger partial charge in [-0.15, -0.1) is 0 Å². The summed E-state index contributed by atoms with van der Waals surface area (Å²) < 4.78 is 5.58. The lowest BCUT2D eigenvalue weighted by atomic mass is 10.2. The predicted molar refractivity (Wildman–Crippen MR) is 65.9 cm³/mol. The molecule has 2 rings (SSSR count). The zero-order valence-electron chi connectivity index (χ0n) is 9.18. The van der Waals surface area contributed by atoms with Gasteiger partial charge in [-0.25, -0.2) is 4.98 Å². The van der Waals surface area contributed by atoms with E-state index < -0.39 is 0 Å². The van der Waals surface area contributed by atoms with E-state index in [9.17, 15) is 4.79 Å². The van der Waals surface area contributed by atoms with Crippen molar-refractivity contribution in [2.45, 2.75) is 6.92 Å². The molecule has 0 aliphatic heterocycles. The number of ether oxygens (including phenoxy) is 1. The molecule has 0 radical (unpaired) electrons. The lowest BCUT2D eigenvalue weighted by molar-refractivity contribution is 0.112. The van der Waals surface area contributed by atoms with Gasteiger partial charge in [0.05, 0.1) is 5.02 Å². The molecule has 1 aromatic heterocycles. The molecule has 86 valence electrons. The molecule has 2 aromatic rings. The molecule has 0 aliphatic rings. The Kier molecular flexibility index (Phi) is 3.40. The first-order valence-electron chi connectivity index (χ1n) is 5.05. The molecule has 1 aromatic carbocycles. The third-order valence-electron chi connectivity index (χ3n) is 2.26. The van der Waals surface area contributed by atoms with Crippen LogP contribution in [0, 0.1) is 6.92 Å². The SMILES string of the molecule is Cc1cccnc1Oc1ccc(C=O)cc1Cl. The predicted octanol–water partition coefficient (Wildman–Crippen LogP) is 3.65. The molecule has 0 amide bonds. The number of pyridine rings is 1. The molecule has 0 saturated heterocycles. The number of halogens is 1. The van der Waals surface area contributed by atoms with Gasteiger partial charge in [-0.3, -0.25) is 4.79 Å². The van der Waals surface area contributed by atoms with Gasteiger partial charge in [0.1, 0.15) is 12.0 Å². The van der Waals surface area contributed by atoms with E-state index in [1.54, 1.807) is 24.4 Å². The molecular weight excluding hydrogens is 238 g/mol. The van der Waals surface area contributed by atoms with Crippen molar-refractivity contribution < 1.29 is 9.53 Å². The molecule has 0 spiro atoms. The lowest BCUT2D eigenvalue weighted by Crippen LogP contribution is -1.92. The number of aromatic nitrogens is 1. The largest absolute Gasteiger partial charge is 0.437 e. The van der Waals surface area contributed by atoms with E-state index >= 15 is 0 Å². The number of carbonyl (C=O) groups is 1. The maximum absolute atomic E-state index is 10.6. The highest BCUT2D eigenvalue weighted by molar-refractivity contribution is 6.32. The van der Waals surface area contributed by atoms with Crippen molar-refractivity contribution in [2.75, 3.05) is 0 Å². The van der Waals surface area contributed by atoms with Crippen molar-refractivity contribution in [1.29, 1.82) is 0 Å². The fourth-order valence-electron chi connectivity index (χ4n) is 1.36. The van der Waals surface area contributed by atoms with Crippen LogP contribution in [-0.4, -0.2) is 11.3 Å². The van der Waals surface area contributed by atoms with Gasteiger partial charge >= 0.3 is 0 Å². The van der Waals surface area contributed by atoms with Gasteiger partial charge in [-0.1, -0.05) is 17.7 Å². The van der Waals surface area contributed by atoms with E-state index in [-0.39, 0.29) is 0 Å². The van der Waals surface area contributed by atoms with Gasteiger partial charge in [0.2, 0.25) is 5.88 Å². The smallest absolute Gasteiger partial charge is 0.222 e. The summed E-state index contributed by atoms with van der Waals surface area (Å²) in [5, 5.41) is 0.389. The Labute approximate surface area is 104 Å². The molecule has 17 heavy (non-hydrogen) atoms. The summed E-state index contributed by atoms with van der Waals surface area (Å²) in [5.74, 6) is 0.993. The van der Waals surface area contributed by atoms with E-state index in [2.05, 4.69) is 4.98 Å². The Morgan fingerprint density at radius 1 is 1.35 bits per heavy atom. The number of nitrogens with zero attached hydrogens (tertiary/aromatic N) is 1. The average Bonchev–Trinajstić information content (AvgIpc) is 2.34. The van der Waals surface area contributed by atoms with Crippen LogP contribution in [0.4, 0.5) is 0 Å². The van der Waals surface area contributed by atoms with Crippen LogP contribution in [0.25, 0.3) is 0 Å². The van der Waals surface area contributed by atoms with Crippen LogP contribution < -0.4 is 4.74 Å². The molecule has 1 heterocycles. The number of benzene rings is 1. The van der Waals surface area contributed by atoms with Crippen molar-refractivity contribution >= 4 is 17.9 Å². The summed E-state index contributed by atoms with van der Waals surface area (Å²) in [6, 6.07) is 8.59. The topological polar surface area (TPSA) is 39.2 Å². The second kappa shape index (κ2) is 4.97. The van der Waals surface area contributed by atoms with E-state index in [1.165, 1.54) is 0 Å². The van der Waals surface area contributed by atoms with E-state index in [1.807, 2.05) is 19.1 Å². The highest BCUT2D eigenvalue weighted by Crippen LogP contribution is 2.30. The molecule has 0 N–H and O–H groups in total. The molecular formula is C13H10ClNO2. The van der Waals surface area contributed by atoms with Gasteiger partial charge in [0, 0.05) is 17.3 Å². The molecule has 0 unspecified atom stereocenters. The number of carbonyl (C=O) groups excluding carboxylic acids is 1. The summed E-state index contributed by atoms with van der Waals surface area (Å²) in [5.41, 5.74) is 1.43. The molecule has 4 heteroatoms. The van der Waals surface area contributed by atoms with E-state index in [0.717, 1.165) is 11.8 Å². The first-order valence-corrected chi connectivity index (χ1v) is 5.42. The van der Waals surface area contributed by atoms with Crippen LogP contribution in [-0.2, 0) is 0 Å². The molecule has 0 aliphatic carbocycles. The third kappa shape index (κ3) is 2.63. The Bertz CT molecular complexity index is 555. The van der Waals surface area contributed by atoms with E-state index in [4.69, 9.17) is 16.3 Å². The lowest BCUT2D eigenvalue weighted by Gasteiger charge is -2.08. The number of rotatable bonds is 3. The number of hydrogen-bond acceptors (Lipinski definition) is 3. The van der Waals surface area contributed by atoms with Crippen LogP contribution in [0.1, 0.15) is 15.9 Å². The van der Waals surface area contributed by atoms with Crippen molar-refractivity contribution in [1.82, 2.24) is 4.98 Å². The Hall–Kier alpha value is -1.87. The summed E-state index contributed by atoms with van der Waals surface area (Å²) in [6.45, 7) is 1.90. The van der Waals surface area contributed by atoms with Gasteiger partial charge in [-0.05, 0) is 31.2 Å². The second-order valence-corrected chi connectivity index (χ2v) is 3.94. The molecule has 0 saturated carbocycles. The van der Waals surface area contributed by atoms with Gasteiger partial charge in [0.15, 0.2) is 0 Å². The van der Waals surface area contributed by atoms with Crippen molar-refractivity contribution in [3.05, 3.63) is 52.7 Å². The average molecular weight is 248 g/mol. The van der Waals surface area contributed by atoms with E-state index in [0.29, 0.717) is 22.2 Å². The number of aldehydes is 1. The fraction of sp³-hybridized carbons (Fsp3) is 0.0769. The molecule has 0 atom stereocenters. The third-order valence-corrected chi connectivity index (χ3v) is 2.56. The van der Waals surface area contributed by atoms with Crippen LogP contribution in [0.5, 0.6) is 11.6 Å². The standard InChI is InChI=1S/C13H10ClNO2/c1-9-3-2-6-15-13(9)17-12-5-4-10(8-16)7-11(12)14/h2-8H,1H3. The Morgan fingerprint density at radius 2 is 2.18 bits per heavy atom. The summed E-state index contributed by atoms with van der Waals surface area (Å²) in [7, 11) is 0. The first kappa shape index (κ1) is 11.6. The number of aryl methyl sites for hydroxylation is 1. The van der Waals surface area contributed by atoms with Crippen molar-refractivity contribution in [3.8, 4) is 11.6 Å². The summed E-state index contributed by atoms with van der Waals surface area (Å²) >= 11 is 6.00. The van der Waals surface area contributed by atoms with Crippen LogP contribution in [0.3, 0.4) is 0 Å². The van der Waals surface area contributed by atoms with Crippen molar-refractivity contribution in [3.63, 3.8) is 0 Å². The maximum atomic E-state index is 10.6. The van der Waals surface area contributed by atoms with Crippen LogP contribution >= 0.6 is 11.6 Å². The minimum atomic E-state index is 0.389. The zero-order chi connectivity index (χ0) is 12.3.